The molecule has 5 heteroatoms. The first-order valence-corrected chi connectivity index (χ1v) is 7.45. The third-order valence-corrected chi connectivity index (χ3v) is 4.79. The van der Waals surface area contributed by atoms with Crippen LogP contribution < -0.4 is 5.32 Å². The first-order chi connectivity index (χ1) is 9.15. The van der Waals surface area contributed by atoms with E-state index in [2.05, 4.69) is 22.1 Å². The molecular formula is C14H24N4O. The molecule has 0 saturated carbocycles. The molecule has 19 heavy (non-hydrogen) atoms. The fraction of sp³-hybridized carbons (Fsp3) is 0.857. The van der Waals surface area contributed by atoms with E-state index < -0.39 is 0 Å². The number of hydrogen-bond donors (Lipinski definition) is 1. The summed E-state index contributed by atoms with van der Waals surface area (Å²) in [5, 5.41) is 3.48. The standard InChI is InChI=1S/C14H24N4O/c1-10-3-4-12-8-16-14(18(12)9-10)15-7-11-5-6-13(19)17(11)2/h10-12H,3-9H2,1-2H3,(H,15,16). The Kier molecular flexibility index (Phi) is 3.37. The Hall–Kier alpha value is -1.26. The molecule has 3 aliphatic heterocycles. The van der Waals surface area contributed by atoms with E-state index in [1.54, 1.807) is 0 Å². The lowest BCUT2D eigenvalue weighted by atomic mass is 9.95. The van der Waals surface area contributed by atoms with Crippen molar-refractivity contribution in [2.24, 2.45) is 10.9 Å². The average Bonchev–Trinajstić information content (AvgIpc) is 2.93. The minimum absolute atomic E-state index is 0.268. The monoisotopic (exact) mass is 264 g/mol. The van der Waals surface area contributed by atoms with Crippen molar-refractivity contribution in [2.75, 3.05) is 26.7 Å². The van der Waals surface area contributed by atoms with Crippen molar-refractivity contribution in [1.29, 1.82) is 0 Å². The molecule has 3 heterocycles. The zero-order valence-corrected chi connectivity index (χ0v) is 11.9. The van der Waals surface area contributed by atoms with Gasteiger partial charge in [-0.3, -0.25) is 9.79 Å². The first-order valence-electron chi connectivity index (χ1n) is 7.45. The summed E-state index contributed by atoms with van der Waals surface area (Å²) in [6.07, 6.45) is 4.25. The number of aliphatic imine (C=N–C) groups is 1. The number of nitrogens with one attached hydrogen (secondary N) is 1. The highest BCUT2D eigenvalue weighted by Crippen LogP contribution is 2.25. The summed E-state index contributed by atoms with van der Waals surface area (Å²) < 4.78 is 0. The highest BCUT2D eigenvalue weighted by molar-refractivity contribution is 5.82. The van der Waals surface area contributed by atoms with Crippen molar-refractivity contribution < 1.29 is 4.79 Å². The van der Waals surface area contributed by atoms with E-state index in [1.807, 2.05) is 11.9 Å². The van der Waals surface area contributed by atoms with E-state index in [-0.39, 0.29) is 5.91 Å². The number of amides is 1. The van der Waals surface area contributed by atoms with Gasteiger partial charge in [-0.15, -0.1) is 0 Å². The van der Waals surface area contributed by atoms with Gasteiger partial charge in [0.25, 0.3) is 0 Å². The number of fused-ring (bicyclic) bond motifs is 1. The maximum atomic E-state index is 11.5. The molecule has 0 radical (unpaired) electrons. The summed E-state index contributed by atoms with van der Waals surface area (Å²) in [6.45, 7) is 5.21. The smallest absolute Gasteiger partial charge is 0.222 e. The number of carbonyl (C=O) groups excluding carboxylic acids is 1. The quantitative estimate of drug-likeness (QED) is 0.797. The largest absolute Gasteiger partial charge is 0.354 e. The van der Waals surface area contributed by atoms with Gasteiger partial charge >= 0.3 is 0 Å². The second-order valence-electron chi connectivity index (χ2n) is 6.23. The van der Waals surface area contributed by atoms with Crippen LogP contribution in [0, 0.1) is 5.92 Å². The number of rotatable bonds is 2. The summed E-state index contributed by atoms with van der Waals surface area (Å²) in [4.78, 5) is 20.5. The zero-order valence-electron chi connectivity index (χ0n) is 11.9. The molecule has 0 aromatic rings. The van der Waals surface area contributed by atoms with Crippen molar-refractivity contribution in [3.63, 3.8) is 0 Å². The van der Waals surface area contributed by atoms with Gasteiger partial charge in [0.2, 0.25) is 5.91 Å². The first kappa shape index (κ1) is 12.8. The van der Waals surface area contributed by atoms with Crippen LogP contribution >= 0.6 is 0 Å². The van der Waals surface area contributed by atoms with Gasteiger partial charge in [-0.05, 0) is 25.2 Å². The Bertz CT molecular complexity index is 395. The molecule has 106 valence electrons. The Morgan fingerprint density at radius 3 is 2.95 bits per heavy atom. The Morgan fingerprint density at radius 1 is 1.37 bits per heavy atom. The topological polar surface area (TPSA) is 47.9 Å². The van der Waals surface area contributed by atoms with Crippen molar-refractivity contribution in [3.8, 4) is 0 Å². The maximum absolute atomic E-state index is 11.5. The molecule has 0 aromatic heterocycles. The Balaban J connectivity index is 1.54. The fourth-order valence-electron chi connectivity index (χ4n) is 3.41. The van der Waals surface area contributed by atoms with Crippen molar-refractivity contribution in [3.05, 3.63) is 0 Å². The molecule has 1 N–H and O–H groups in total. The second kappa shape index (κ2) is 5.02. The van der Waals surface area contributed by atoms with E-state index in [0.29, 0.717) is 18.5 Å². The predicted molar refractivity (Wildman–Crippen MR) is 75.0 cm³/mol. The van der Waals surface area contributed by atoms with Gasteiger partial charge in [-0.1, -0.05) is 6.92 Å². The molecule has 0 aromatic carbocycles. The fourth-order valence-corrected chi connectivity index (χ4v) is 3.41. The van der Waals surface area contributed by atoms with Crippen molar-refractivity contribution in [2.45, 2.75) is 44.7 Å². The van der Waals surface area contributed by atoms with Gasteiger partial charge in [0.05, 0.1) is 12.6 Å². The van der Waals surface area contributed by atoms with Crippen LogP contribution in [0.3, 0.4) is 0 Å². The van der Waals surface area contributed by atoms with E-state index in [4.69, 9.17) is 0 Å². The number of nitrogens with zero attached hydrogens (tertiary/aromatic N) is 3. The van der Waals surface area contributed by atoms with E-state index >= 15 is 0 Å². The lowest BCUT2D eigenvalue weighted by Crippen LogP contribution is -2.50. The molecule has 3 aliphatic rings. The molecule has 2 saturated heterocycles. The van der Waals surface area contributed by atoms with Gasteiger partial charge in [-0.25, -0.2) is 0 Å². The molecule has 1 amide bonds. The van der Waals surface area contributed by atoms with Crippen LogP contribution in [0.1, 0.15) is 32.6 Å². The van der Waals surface area contributed by atoms with Gasteiger partial charge in [0.1, 0.15) is 0 Å². The Labute approximate surface area is 115 Å². The van der Waals surface area contributed by atoms with E-state index in [9.17, 15) is 4.79 Å². The van der Waals surface area contributed by atoms with Crippen LogP contribution in [0.5, 0.6) is 0 Å². The highest BCUT2D eigenvalue weighted by atomic mass is 16.2. The molecule has 5 nitrogen and oxygen atoms in total. The molecular weight excluding hydrogens is 240 g/mol. The lowest BCUT2D eigenvalue weighted by Gasteiger charge is -2.36. The van der Waals surface area contributed by atoms with Crippen LogP contribution in [0.15, 0.2) is 4.99 Å². The lowest BCUT2D eigenvalue weighted by molar-refractivity contribution is -0.127. The van der Waals surface area contributed by atoms with Gasteiger partial charge in [0.15, 0.2) is 5.96 Å². The predicted octanol–water partition coefficient (Wildman–Crippen LogP) is 0.667. The maximum Gasteiger partial charge on any atom is 0.222 e. The number of likely N-dealkylation sites (N-methyl/N-ethyl adjacent to an activating group) is 1. The molecule has 3 rings (SSSR count). The Morgan fingerprint density at radius 2 is 2.21 bits per heavy atom. The SMILES string of the molecule is CC1CCC2CN=C(NCC3CCC(=O)N3C)N2C1. The molecule has 0 spiro atoms. The van der Waals surface area contributed by atoms with Gasteiger partial charge < -0.3 is 15.1 Å². The number of guanidine groups is 1. The third-order valence-electron chi connectivity index (χ3n) is 4.79. The van der Waals surface area contributed by atoms with Gasteiger partial charge in [-0.2, -0.15) is 0 Å². The van der Waals surface area contributed by atoms with E-state index in [0.717, 1.165) is 37.9 Å². The normalized spacial score (nSPS) is 34.5. The summed E-state index contributed by atoms with van der Waals surface area (Å²) in [5.41, 5.74) is 0. The number of likely N-dealkylation sites (tertiary alicyclic amines) is 1. The minimum atomic E-state index is 0.268. The van der Waals surface area contributed by atoms with Gasteiger partial charge in [0, 0.05) is 32.6 Å². The van der Waals surface area contributed by atoms with Crippen LogP contribution in [-0.2, 0) is 4.79 Å². The molecule has 3 atom stereocenters. The third kappa shape index (κ3) is 2.42. The van der Waals surface area contributed by atoms with E-state index in [1.165, 1.54) is 12.8 Å². The molecule has 0 aliphatic carbocycles. The van der Waals surface area contributed by atoms with Crippen LogP contribution in [-0.4, -0.2) is 60.4 Å². The minimum Gasteiger partial charge on any atom is -0.354 e. The number of carbonyl (C=O) groups is 1. The van der Waals surface area contributed by atoms with Crippen molar-refractivity contribution in [1.82, 2.24) is 15.1 Å². The van der Waals surface area contributed by atoms with Crippen molar-refractivity contribution >= 4 is 11.9 Å². The second-order valence-corrected chi connectivity index (χ2v) is 6.23. The number of piperidine rings is 1. The molecule has 2 fully saturated rings. The summed E-state index contributed by atoms with van der Waals surface area (Å²) in [7, 11) is 1.91. The van der Waals surface area contributed by atoms with Crippen LogP contribution in [0.2, 0.25) is 0 Å². The van der Waals surface area contributed by atoms with Crippen LogP contribution in [0.4, 0.5) is 0 Å². The zero-order chi connectivity index (χ0) is 13.4. The summed E-state index contributed by atoms with van der Waals surface area (Å²) >= 11 is 0. The molecule has 0 bridgehead atoms. The summed E-state index contributed by atoms with van der Waals surface area (Å²) in [6, 6.07) is 0.943. The summed E-state index contributed by atoms with van der Waals surface area (Å²) in [5.74, 6) is 2.09. The number of hydrogen-bond acceptors (Lipinski definition) is 4. The molecule has 3 unspecified atom stereocenters. The highest BCUT2D eigenvalue weighted by Gasteiger charge is 2.34. The average molecular weight is 264 g/mol. The van der Waals surface area contributed by atoms with Crippen LogP contribution in [0.25, 0.3) is 0 Å².